The molecule has 0 amide bonds. The van der Waals surface area contributed by atoms with Gasteiger partial charge in [0.2, 0.25) is 0 Å². The van der Waals surface area contributed by atoms with Crippen LogP contribution in [0.25, 0.3) is 0 Å². The van der Waals surface area contributed by atoms with E-state index < -0.39 is 24.2 Å². The molecule has 100 valence electrons. The van der Waals surface area contributed by atoms with Gasteiger partial charge >= 0.3 is 12.1 Å². The van der Waals surface area contributed by atoms with Gasteiger partial charge in [0.25, 0.3) is 5.66 Å². The summed E-state index contributed by atoms with van der Waals surface area (Å²) >= 11 is 0. The van der Waals surface area contributed by atoms with E-state index in [0.717, 1.165) is 0 Å². The minimum absolute atomic E-state index is 0.163. The molecule has 0 saturated heterocycles. The van der Waals surface area contributed by atoms with Gasteiger partial charge in [-0.25, -0.2) is 9.79 Å². The highest BCUT2D eigenvalue weighted by atomic mass is 19.4. The Morgan fingerprint density at radius 2 is 2.11 bits per heavy atom. The van der Waals surface area contributed by atoms with Gasteiger partial charge in [-0.2, -0.15) is 13.2 Å². The summed E-state index contributed by atoms with van der Waals surface area (Å²) in [4.78, 5) is 18.3. The molecule has 0 aliphatic carbocycles. The zero-order valence-electron chi connectivity index (χ0n) is 9.29. The minimum atomic E-state index is -4.72. The normalized spacial score (nSPS) is 22.4. The summed E-state index contributed by atoms with van der Waals surface area (Å²) in [6.45, 7) is 0. The van der Waals surface area contributed by atoms with E-state index in [4.69, 9.17) is 5.11 Å². The van der Waals surface area contributed by atoms with Gasteiger partial charge in [0.05, 0.1) is 0 Å². The van der Waals surface area contributed by atoms with Crippen LogP contribution in [-0.4, -0.2) is 33.7 Å². The minimum Gasteiger partial charge on any atom is -0.478 e. The number of aromatic nitrogens is 1. The number of hydrogen-bond donors (Lipinski definition) is 1. The first-order valence-electron chi connectivity index (χ1n) is 5.07. The summed E-state index contributed by atoms with van der Waals surface area (Å²) in [5, 5.41) is 15.5. The lowest BCUT2D eigenvalue weighted by molar-refractivity contribution is -0.165. The number of alkyl halides is 3. The molecule has 6 nitrogen and oxygen atoms in total. The van der Waals surface area contributed by atoms with Crippen LogP contribution in [0.3, 0.4) is 0 Å². The zero-order valence-corrected chi connectivity index (χ0v) is 9.29. The van der Waals surface area contributed by atoms with Crippen LogP contribution in [0, 0.1) is 0 Å². The van der Waals surface area contributed by atoms with Crippen LogP contribution in [0.5, 0.6) is 0 Å². The Morgan fingerprint density at radius 1 is 1.37 bits per heavy atom. The van der Waals surface area contributed by atoms with Gasteiger partial charge in [0.15, 0.2) is 5.84 Å². The number of carboxylic acids is 1. The highest BCUT2D eigenvalue weighted by Crippen LogP contribution is 2.35. The quantitative estimate of drug-likeness (QED) is 0.913. The topological polar surface area (TPSA) is 87.3 Å². The Bertz CT molecular complexity index is 556. The van der Waals surface area contributed by atoms with E-state index in [-0.39, 0.29) is 11.5 Å². The number of amidine groups is 1. The second-order valence-electron chi connectivity index (χ2n) is 3.76. The largest absolute Gasteiger partial charge is 0.478 e. The molecule has 1 aromatic rings. The number of hydrogen-bond acceptors (Lipinski definition) is 5. The molecule has 0 radical (unpaired) electrons. The van der Waals surface area contributed by atoms with Crippen molar-refractivity contribution >= 4 is 11.8 Å². The van der Waals surface area contributed by atoms with Crippen molar-refractivity contribution in [2.24, 2.45) is 15.2 Å². The highest BCUT2D eigenvalue weighted by molar-refractivity contribution is 6.01. The summed E-state index contributed by atoms with van der Waals surface area (Å²) in [7, 11) is 0. The fraction of sp³-hybridized carbons (Fsp3) is 0.300. The van der Waals surface area contributed by atoms with Crippen LogP contribution < -0.4 is 0 Å². The first-order chi connectivity index (χ1) is 8.82. The van der Waals surface area contributed by atoms with Crippen molar-refractivity contribution in [1.82, 2.24) is 4.98 Å². The number of halogens is 3. The predicted octanol–water partition coefficient (Wildman–Crippen LogP) is 2.03. The van der Waals surface area contributed by atoms with Crippen LogP contribution >= 0.6 is 0 Å². The maximum Gasteiger partial charge on any atom is 0.394 e. The number of rotatable bonds is 3. The van der Waals surface area contributed by atoms with E-state index >= 15 is 0 Å². The third-order valence-corrected chi connectivity index (χ3v) is 2.28. The first-order valence-corrected chi connectivity index (χ1v) is 5.07. The fourth-order valence-corrected chi connectivity index (χ4v) is 1.47. The molecule has 1 aliphatic rings. The molecule has 1 aromatic heterocycles. The number of carbonyl (C=O) groups is 1. The van der Waals surface area contributed by atoms with E-state index in [0.29, 0.717) is 0 Å². The Balaban J connectivity index is 2.38. The molecule has 0 aromatic carbocycles. The lowest BCUT2D eigenvalue weighted by Gasteiger charge is -2.17. The number of pyridine rings is 1. The molecule has 1 N–H and O–H groups in total. The third kappa shape index (κ3) is 2.75. The van der Waals surface area contributed by atoms with Crippen LogP contribution in [0.15, 0.2) is 39.6 Å². The van der Waals surface area contributed by atoms with Gasteiger partial charge in [-0.05, 0) is 12.1 Å². The Kier molecular flexibility index (Phi) is 3.05. The average Bonchev–Trinajstić information content (AvgIpc) is 2.73. The van der Waals surface area contributed by atoms with Gasteiger partial charge in [0, 0.05) is 6.20 Å². The molecule has 2 heterocycles. The monoisotopic (exact) mass is 272 g/mol. The molecular weight excluding hydrogens is 265 g/mol. The molecule has 1 aliphatic heterocycles. The smallest absolute Gasteiger partial charge is 0.394 e. The fourth-order valence-electron chi connectivity index (χ4n) is 1.47. The lowest BCUT2D eigenvalue weighted by atomic mass is 10.1. The Hall–Kier alpha value is -2.32. The molecule has 0 spiro atoms. The number of aliphatic carboxylic acids is 1. The summed E-state index contributed by atoms with van der Waals surface area (Å²) in [5.74, 6) is -2.04. The first kappa shape index (κ1) is 13.1. The van der Waals surface area contributed by atoms with Gasteiger partial charge in [-0.1, -0.05) is 6.07 Å². The summed E-state index contributed by atoms with van der Waals surface area (Å²) in [6, 6.07) is 4.62. The Labute approximate surface area is 104 Å². The van der Waals surface area contributed by atoms with E-state index in [1.807, 2.05) is 0 Å². The van der Waals surface area contributed by atoms with Gasteiger partial charge in [-0.15, -0.1) is 10.2 Å². The van der Waals surface area contributed by atoms with E-state index in [2.05, 4.69) is 20.2 Å². The van der Waals surface area contributed by atoms with Crippen LogP contribution in [0.1, 0.15) is 12.1 Å². The standard InChI is InChI=1S/C10H7F3N4O2/c11-10(12,13)5-9(8(18)19)15-7(16-17-9)6-3-1-2-4-14-6/h1-4H,5H2,(H,18,19). The van der Waals surface area contributed by atoms with Crippen LogP contribution in [0.2, 0.25) is 0 Å². The maximum absolute atomic E-state index is 12.4. The maximum atomic E-state index is 12.4. The second-order valence-corrected chi connectivity index (χ2v) is 3.76. The van der Waals surface area contributed by atoms with Gasteiger partial charge < -0.3 is 5.11 Å². The molecule has 0 saturated carbocycles. The molecule has 2 rings (SSSR count). The van der Waals surface area contributed by atoms with E-state index in [1.54, 1.807) is 12.1 Å². The summed E-state index contributed by atoms with van der Waals surface area (Å²) in [6.07, 6.45) is -5.05. The van der Waals surface area contributed by atoms with Gasteiger partial charge in [0.1, 0.15) is 12.1 Å². The molecule has 0 fully saturated rings. The molecule has 0 bridgehead atoms. The molecule has 9 heteroatoms. The van der Waals surface area contributed by atoms with Crippen molar-refractivity contribution in [2.45, 2.75) is 18.3 Å². The van der Waals surface area contributed by atoms with Crippen molar-refractivity contribution in [3.63, 3.8) is 0 Å². The van der Waals surface area contributed by atoms with Crippen molar-refractivity contribution in [1.29, 1.82) is 0 Å². The van der Waals surface area contributed by atoms with Crippen molar-refractivity contribution in [2.75, 3.05) is 0 Å². The Morgan fingerprint density at radius 3 is 2.63 bits per heavy atom. The van der Waals surface area contributed by atoms with Crippen LogP contribution in [0.4, 0.5) is 13.2 Å². The highest BCUT2D eigenvalue weighted by Gasteiger charge is 2.51. The average molecular weight is 272 g/mol. The van der Waals surface area contributed by atoms with Crippen molar-refractivity contribution < 1.29 is 23.1 Å². The van der Waals surface area contributed by atoms with E-state index in [1.165, 1.54) is 12.3 Å². The number of azo groups is 1. The third-order valence-electron chi connectivity index (χ3n) is 2.28. The molecule has 1 unspecified atom stereocenters. The van der Waals surface area contributed by atoms with Gasteiger partial charge in [-0.3, -0.25) is 4.98 Å². The SMILES string of the molecule is O=C(O)C1(CC(F)(F)F)N=NC(c2ccccn2)=N1. The lowest BCUT2D eigenvalue weighted by Crippen LogP contribution is -2.38. The molecule has 19 heavy (non-hydrogen) atoms. The predicted molar refractivity (Wildman–Crippen MR) is 56.7 cm³/mol. The number of aliphatic imine (C=N–C) groups is 1. The number of nitrogens with zero attached hydrogens (tertiary/aromatic N) is 4. The second kappa shape index (κ2) is 4.41. The van der Waals surface area contributed by atoms with Crippen molar-refractivity contribution in [3.05, 3.63) is 30.1 Å². The number of carboxylic acid groups (broad SMARTS) is 1. The summed E-state index contributed by atoms with van der Waals surface area (Å²) in [5.41, 5.74) is -2.48. The van der Waals surface area contributed by atoms with Crippen LogP contribution in [-0.2, 0) is 4.79 Å². The summed E-state index contributed by atoms with van der Waals surface area (Å²) < 4.78 is 37.2. The zero-order chi connectivity index (χ0) is 14.1. The molecular formula is C10H7F3N4O2. The van der Waals surface area contributed by atoms with E-state index in [9.17, 15) is 18.0 Å². The van der Waals surface area contributed by atoms with Crippen molar-refractivity contribution in [3.8, 4) is 0 Å². The molecule has 1 atom stereocenters.